The number of hydrogen-bond donors (Lipinski definition) is 4. The van der Waals surface area contributed by atoms with Crippen molar-refractivity contribution >= 4 is 0 Å². The molecule has 0 aliphatic heterocycles. The minimum atomic E-state index is 0. The monoisotopic (exact) mass is 472 g/mol. The van der Waals surface area contributed by atoms with Crippen molar-refractivity contribution in [2.24, 2.45) is 0 Å². The molecule has 0 atom stereocenters. The van der Waals surface area contributed by atoms with Crippen molar-refractivity contribution in [2.45, 2.75) is 79.6 Å². The molecule has 0 aromatic carbocycles. The Morgan fingerprint density at radius 2 is 0.524 bits per heavy atom. The van der Waals surface area contributed by atoms with Gasteiger partial charge in [-0.15, -0.1) is 0 Å². The molecule has 0 saturated carbocycles. The van der Waals surface area contributed by atoms with E-state index in [-0.39, 0.29) is 25.8 Å². The number of rotatable bonds is 4. The van der Waals surface area contributed by atoms with Crippen LogP contribution in [0.1, 0.15) is 55.4 Å². The van der Waals surface area contributed by atoms with Crippen LogP contribution in [0.3, 0.4) is 0 Å². The summed E-state index contributed by atoms with van der Waals surface area (Å²) in [7, 11) is 7.50. The Balaban J connectivity index is -0.0000000576. The first-order valence-corrected chi connectivity index (χ1v) is 7.77. The van der Waals surface area contributed by atoms with Crippen molar-refractivity contribution in [1.29, 1.82) is 0 Å². The molecule has 0 aliphatic rings. The standard InChI is InChI=1S/2C6H15N.2C2H7N.Hf/c2*1-5(2)7-6(3)4;2*1-3-2;/h2*5-7H,1-4H3;2*3H,1-2H3;. The van der Waals surface area contributed by atoms with E-state index < -0.39 is 0 Å². The zero-order chi connectivity index (χ0) is 17.1. The fraction of sp³-hybridized carbons (Fsp3) is 1.00. The SMILES string of the molecule is CC(C)NC(C)C.CC(C)NC(C)C.CNC.CNC.[Hf]. The molecule has 0 aromatic rings. The molecule has 0 amide bonds. The van der Waals surface area contributed by atoms with Gasteiger partial charge in [-0.1, -0.05) is 55.4 Å². The maximum Gasteiger partial charge on any atom is 0.00127 e. The zero-order valence-corrected chi connectivity index (χ0v) is 20.4. The maximum atomic E-state index is 3.31. The Kier molecular flexibility index (Phi) is 45.8. The second-order valence-electron chi connectivity index (χ2n) is 5.95. The van der Waals surface area contributed by atoms with Crippen LogP contribution in [0, 0.1) is 0 Å². The van der Waals surface area contributed by atoms with Gasteiger partial charge in [0, 0.05) is 50.0 Å². The van der Waals surface area contributed by atoms with E-state index in [0.717, 1.165) is 0 Å². The van der Waals surface area contributed by atoms with Crippen molar-refractivity contribution in [3.63, 3.8) is 0 Å². The third-order valence-electron chi connectivity index (χ3n) is 1.33. The Hall–Kier alpha value is 0.710. The molecular weight excluding hydrogens is 427 g/mol. The average Bonchev–Trinajstić information content (AvgIpc) is 2.15. The summed E-state index contributed by atoms with van der Waals surface area (Å²) in [5, 5.41) is 12.1. The van der Waals surface area contributed by atoms with Crippen molar-refractivity contribution < 1.29 is 25.8 Å². The van der Waals surface area contributed by atoms with Crippen LogP contribution < -0.4 is 21.3 Å². The van der Waals surface area contributed by atoms with Gasteiger partial charge >= 0.3 is 0 Å². The second-order valence-corrected chi connectivity index (χ2v) is 5.95. The van der Waals surface area contributed by atoms with Gasteiger partial charge in [0.15, 0.2) is 0 Å². The van der Waals surface area contributed by atoms with Gasteiger partial charge in [0.25, 0.3) is 0 Å². The summed E-state index contributed by atoms with van der Waals surface area (Å²) in [6.07, 6.45) is 0. The molecule has 4 N–H and O–H groups in total. The molecule has 4 nitrogen and oxygen atoms in total. The molecule has 0 rings (SSSR count). The Morgan fingerprint density at radius 3 is 0.524 bits per heavy atom. The largest absolute Gasteiger partial charge is 0.323 e. The second kappa shape index (κ2) is 28.8. The molecule has 0 radical (unpaired) electrons. The Labute approximate surface area is 154 Å². The van der Waals surface area contributed by atoms with Crippen molar-refractivity contribution in [3.05, 3.63) is 0 Å². The van der Waals surface area contributed by atoms with Crippen LogP contribution in [-0.4, -0.2) is 52.4 Å². The van der Waals surface area contributed by atoms with E-state index in [1.807, 2.05) is 28.2 Å². The minimum Gasteiger partial charge on any atom is -0.323 e. The average molecular weight is 471 g/mol. The quantitative estimate of drug-likeness (QED) is 0.477. The van der Waals surface area contributed by atoms with Crippen LogP contribution in [0.2, 0.25) is 0 Å². The summed E-state index contributed by atoms with van der Waals surface area (Å²) in [6.45, 7) is 17.2. The van der Waals surface area contributed by atoms with Crippen LogP contribution in [0.4, 0.5) is 0 Å². The first-order chi connectivity index (χ1) is 9.08. The van der Waals surface area contributed by atoms with E-state index in [0.29, 0.717) is 24.2 Å². The van der Waals surface area contributed by atoms with Gasteiger partial charge in [-0.3, -0.25) is 0 Å². The summed E-state index contributed by atoms with van der Waals surface area (Å²) in [6, 6.07) is 2.50. The molecule has 0 fully saturated rings. The van der Waals surface area contributed by atoms with Crippen LogP contribution in [0.25, 0.3) is 0 Å². The van der Waals surface area contributed by atoms with Crippen LogP contribution in [-0.2, 0) is 25.8 Å². The van der Waals surface area contributed by atoms with E-state index in [1.165, 1.54) is 0 Å². The van der Waals surface area contributed by atoms with E-state index >= 15 is 0 Å². The van der Waals surface area contributed by atoms with Gasteiger partial charge in [0.05, 0.1) is 0 Å². The fourth-order valence-electron chi connectivity index (χ4n) is 1.33. The topological polar surface area (TPSA) is 48.1 Å². The molecule has 21 heavy (non-hydrogen) atoms. The van der Waals surface area contributed by atoms with Crippen molar-refractivity contribution in [2.75, 3.05) is 28.2 Å². The molecule has 5 heteroatoms. The molecule has 0 bridgehead atoms. The predicted octanol–water partition coefficient (Wildman–Crippen LogP) is 2.45. The van der Waals surface area contributed by atoms with Gasteiger partial charge in [-0.25, -0.2) is 0 Å². The predicted molar refractivity (Wildman–Crippen MR) is 96.8 cm³/mol. The van der Waals surface area contributed by atoms with Gasteiger partial charge in [0.2, 0.25) is 0 Å². The van der Waals surface area contributed by atoms with Crippen molar-refractivity contribution in [1.82, 2.24) is 21.3 Å². The molecule has 0 spiro atoms. The smallest absolute Gasteiger partial charge is 0.00127 e. The fourth-order valence-corrected chi connectivity index (χ4v) is 1.33. The molecule has 0 aliphatic carbocycles. The van der Waals surface area contributed by atoms with Gasteiger partial charge in [-0.05, 0) is 28.2 Å². The van der Waals surface area contributed by atoms with Crippen LogP contribution in [0.15, 0.2) is 0 Å². The van der Waals surface area contributed by atoms with E-state index in [4.69, 9.17) is 0 Å². The van der Waals surface area contributed by atoms with E-state index in [2.05, 4.69) is 76.7 Å². The third kappa shape index (κ3) is 95.6. The van der Waals surface area contributed by atoms with Gasteiger partial charge in [-0.2, -0.15) is 0 Å². The molecule has 0 saturated heterocycles. The number of hydrogen-bond acceptors (Lipinski definition) is 4. The first kappa shape index (κ1) is 33.3. The maximum absolute atomic E-state index is 3.31. The Bertz CT molecular complexity index is 112. The summed E-state index contributed by atoms with van der Waals surface area (Å²) in [4.78, 5) is 0. The van der Waals surface area contributed by atoms with Gasteiger partial charge in [0.1, 0.15) is 0 Å². The Morgan fingerprint density at radius 1 is 0.429 bits per heavy atom. The zero-order valence-electron chi connectivity index (χ0n) is 16.8. The summed E-state index contributed by atoms with van der Waals surface area (Å²) >= 11 is 0. The third-order valence-corrected chi connectivity index (χ3v) is 1.33. The summed E-state index contributed by atoms with van der Waals surface area (Å²) in [5.41, 5.74) is 0. The molecule has 132 valence electrons. The molecule has 0 heterocycles. The summed E-state index contributed by atoms with van der Waals surface area (Å²) < 4.78 is 0. The first-order valence-electron chi connectivity index (χ1n) is 7.77. The number of nitrogens with one attached hydrogen (secondary N) is 4. The molecular formula is C16H44HfN4. The van der Waals surface area contributed by atoms with Gasteiger partial charge < -0.3 is 21.3 Å². The van der Waals surface area contributed by atoms with E-state index in [1.54, 1.807) is 0 Å². The molecule has 0 unspecified atom stereocenters. The normalized spacial score (nSPS) is 9.14. The van der Waals surface area contributed by atoms with Crippen LogP contribution >= 0.6 is 0 Å². The van der Waals surface area contributed by atoms with E-state index in [9.17, 15) is 0 Å². The minimum absolute atomic E-state index is 0. The molecule has 0 aromatic heterocycles. The van der Waals surface area contributed by atoms with Crippen LogP contribution in [0.5, 0.6) is 0 Å². The van der Waals surface area contributed by atoms with Crippen molar-refractivity contribution in [3.8, 4) is 0 Å². The summed E-state index contributed by atoms with van der Waals surface area (Å²) in [5.74, 6) is 0.